The average Bonchev–Trinajstić information content (AvgIpc) is 3.04. The minimum absolute atomic E-state index is 0.551. The Hall–Kier alpha value is -3.60. The summed E-state index contributed by atoms with van der Waals surface area (Å²) in [6.45, 7) is 5.02. The quantitative estimate of drug-likeness (QED) is 0.0946. The molecular weight excluding hydrogens is 544 g/mol. The molecule has 0 unspecified atom stereocenters. The van der Waals surface area contributed by atoms with E-state index in [0.717, 1.165) is 23.3 Å². The summed E-state index contributed by atoms with van der Waals surface area (Å²) in [4.78, 5) is 24.8. The molecule has 238 valence electrons. The molecule has 2 N–H and O–H groups in total. The van der Waals surface area contributed by atoms with E-state index in [1.165, 1.54) is 102 Å². The van der Waals surface area contributed by atoms with Gasteiger partial charge in [0.2, 0.25) is 0 Å². The van der Waals surface area contributed by atoms with Crippen molar-refractivity contribution in [3.8, 4) is 16.9 Å². The van der Waals surface area contributed by atoms with Crippen molar-refractivity contribution >= 4 is 23.2 Å². The highest BCUT2D eigenvalue weighted by molar-refractivity contribution is 6.43. The second-order valence-electron chi connectivity index (χ2n) is 12.0. The Morgan fingerprint density at radius 3 is 1.30 bits per heavy atom. The highest BCUT2D eigenvalue weighted by Gasteiger charge is 2.14. The van der Waals surface area contributed by atoms with E-state index in [0.29, 0.717) is 18.0 Å². The second-order valence-corrected chi connectivity index (χ2v) is 12.0. The Bertz CT molecular complexity index is 1200. The van der Waals surface area contributed by atoms with E-state index in [9.17, 15) is 9.59 Å². The molecule has 0 radical (unpaired) electrons. The van der Waals surface area contributed by atoms with Gasteiger partial charge in [-0.2, -0.15) is 0 Å². The van der Waals surface area contributed by atoms with Gasteiger partial charge in [0.15, 0.2) is 0 Å². The molecule has 0 aliphatic rings. The zero-order chi connectivity index (χ0) is 31.2. The van der Waals surface area contributed by atoms with Gasteiger partial charge in [-0.1, -0.05) is 145 Å². The van der Waals surface area contributed by atoms with Crippen molar-refractivity contribution in [2.45, 2.75) is 117 Å². The third-order valence-corrected chi connectivity index (χ3v) is 8.11. The fourth-order valence-electron chi connectivity index (χ4n) is 5.34. The van der Waals surface area contributed by atoms with Gasteiger partial charge in [0.1, 0.15) is 5.75 Å². The molecule has 0 aliphatic heterocycles. The molecule has 0 aliphatic carbocycles. The molecule has 3 aromatic rings. The number of unbranched alkanes of at least 4 members (excludes halogenated alkanes) is 15. The van der Waals surface area contributed by atoms with Crippen LogP contribution in [0.2, 0.25) is 0 Å². The lowest BCUT2D eigenvalue weighted by atomic mass is 10.0. The first-order valence-corrected chi connectivity index (χ1v) is 17.1. The zero-order valence-electron chi connectivity index (χ0n) is 27.2. The number of carbonyl (C=O) groups excluding carboxylic acids is 2. The van der Waals surface area contributed by atoms with Gasteiger partial charge in [-0.15, -0.1) is 0 Å². The number of ether oxygens (including phenoxy) is 1. The second kappa shape index (κ2) is 21.2. The number of anilines is 2. The minimum atomic E-state index is -0.713. The van der Waals surface area contributed by atoms with Crippen LogP contribution in [0.25, 0.3) is 11.1 Å². The molecule has 0 saturated heterocycles. The molecule has 0 atom stereocenters. The Morgan fingerprint density at radius 2 is 0.864 bits per heavy atom. The smallest absolute Gasteiger partial charge is 0.314 e. The topological polar surface area (TPSA) is 67.4 Å². The molecule has 3 aromatic carbocycles. The molecule has 5 nitrogen and oxygen atoms in total. The van der Waals surface area contributed by atoms with Crippen LogP contribution in [0.4, 0.5) is 11.4 Å². The summed E-state index contributed by atoms with van der Waals surface area (Å²) in [6.07, 6.45) is 21.6. The molecule has 5 heteroatoms. The molecular formula is C39H54N2O3. The maximum atomic E-state index is 12.4. The molecule has 0 saturated carbocycles. The SMILES string of the molecule is CCCCCCCCCCCCCCCCCCOc1ccc(NC(=O)C(=O)Nc2ccc(-c3ccc(C)cc3)cc2)cc1. The van der Waals surface area contributed by atoms with Gasteiger partial charge in [-0.3, -0.25) is 9.59 Å². The van der Waals surface area contributed by atoms with Crippen LogP contribution in [-0.4, -0.2) is 18.4 Å². The fourth-order valence-corrected chi connectivity index (χ4v) is 5.34. The van der Waals surface area contributed by atoms with Gasteiger partial charge in [-0.25, -0.2) is 0 Å². The first-order chi connectivity index (χ1) is 21.5. The lowest BCUT2D eigenvalue weighted by molar-refractivity contribution is -0.132. The van der Waals surface area contributed by atoms with E-state index in [1.54, 1.807) is 24.3 Å². The first-order valence-electron chi connectivity index (χ1n) is 17.1. The Kier molecular flexibility index (Phi) is 16.8. The van der Waals surface area contributed by atoms with Gasteiger partial charge < -0.3 is 15.4 Å². The maximum Gasteiger partial charge on any atom is 0.314 e. The lowest BCUT2D eigenvalue weighted by Crippen LogP contribution is -2.29. The predicted octanol–water partition coefficient (Wildman–Crippen LogP) is 10.9. The molecule has 0 fully saturated rings. The van der Waals surface area contributed by atoms with E-state index >= 15 is 0 Å². The summed E-state index contributed by atoms with van der Waals surface area (Å²) >= 11 is 0. The van der Waals surface area contributed by atoms with Crippen molar-refractivity contribution in [1.29, 1.82) is 0 Å². The zero-order valence-corrected chi connectivity index (χ0v) is 27.2. The van der Waals surface area contributed by atoms with Crippen LogP contribution in [-0.2, 0) is 9.59 Å². The van der Waals surface area contributed by atoms with Crippen molar-refractivity contribution < 1.29 is 14.3 Å². The number of benzene rings is 3. The van der Waals surface area contributed by atoms with Gasteiger partial charge in [-0.05, 0) is 60.9 Å². The molecule has 44 heavy (non-hydrogen) atoms. The van der Waals surface area contributed by atoms with Crippen LogP contribution in [0.15, 0.2) is 72.8 Å². The average molecular weight is 599 g/mol. The summed E-state index contributed by atoms with van der Waals surface area (Å²) in [5.74, 6) is -0.659. The van der Waals surface area contributed by atoms with Crippen molar-refractivity contribution in [1.82, 2.24) is 0 Å². The van der Waals surface area contributed by atoms with E-state index in [2.05, 4.69) is 48.7 Å². The third-order valence-electron chi connectivity index (χ3n) is 8.11. The normalized spacial score (nSPS) is 10.9. The summed E-state index contributed by atoms with van der Waals surface area (Å²) < 4.78 is 5.87. The molecule has 0 heterocycles. The molecule has 0 bridgehead atoms. The van der Waals surface area contributed by atoms with Gasteiger partial charge in [0.05, 0.1) is 6.61 Å². The van der Waals surface area contributed by atoms with Crippen molar-refractivity contribution in [3.63, 3.8) is 0 Å². The summed E-state index contributed by atoms with van der Waals surface area (Å²) in [5.41, 5.74) is 4.47. The molecule has 2 amide bonds. The van der Waals surface area contributed by atoms with Crippen LogP contribution in [0.5, 0.6) is 5.75 Å². The Labute approximate surface area is 266 Å². The number of aryl methyl sites for hydroxylation is 1. The van der Waals surface area contributed by atoms with Crippen LogP contribution in [0.3, 0.4) is 0 Å². The van der Waals surface area contributed by atoms with Crippen molar-refractivity contribution in [2.75, 3.05) is 17.2 Å². The predicted molar refractivity (Wildman–Crippen MR) is 185 cm³/mol. The molecule has 0 aromatic heterocycles. The summed E-state index contributed by atoms with van der Waals surface area (Å²) in [6, 6.07) is 22.9. The number of nitrogens with one attached hydrogen (secondary N) is 2. The first kappa shape index (κ1) is 34.9. The monoisotopic (exact) mass is 598 g/mol. The third kappa shape index (κ3) is 14.2. The highest BCUT2D eigenvalue weighted by Crippen LogP contribution is 2.22. The van der Waals surface area contributed by atoms with Crippen LogP contribution in [0, 0.1) is 6.92 Å². The Morgan fingerprint density at radius 1 is 0.500 bits per heavy atom. The number of rotatable bonds is 21. The largest absolute Gasteiger partial charge is 0.494 e. The molecule has 0 spiro atoms. The van der Waals surface area contributed by atoms with Gasteiger partial charge in [0, 0.05) is 11.4 Å². The van der Waals surface area contributed by atoms with Crippen LogP contribution >= 0.6 is 0 Å². The van der Waals surface area contributed by atoms with Gasteiger partial charge in [0.25, 0.3) is 0 Å². The standard InChI is InChI=1S/C39H54N2O3/c1-3-4-5-6-7-8-9-10-11-12-13-14-15-16-17-18-31-44-37-29-27-36(28-30-37)41-39(43)38(42)40-35-25-23-34(24-26-35)33-21-19-32(2)20-22-33/h19-30H,3-18,31H2,1-2H3,(H,40,42)(H,41,43). The maximum absolute atomic E-state index is 12.4. The number of hydrogen-bond acceptors (Lipinski definition) is 3. The highest BCUT2D eigenvalue weighted by atomic mass is 16.5. The Balaban J connectivity index is 1.19. The fraction of sp³-hybridized carbons (Fsp3) is 0.487. The van der Waals surface area contributed by atoms with E-state index in [4.69, 9.17) is 4.74 Å². The molecule has 3 rings (SSSR count). The van der Waals surface area contributed by atoms with Crippen LogP contribution < -0.4 is 15.4 Å². The number of hydrogen-bond donors (Lipinski definition) is 2. The van der Waals surface area contributed by atoms with Gasteiger partial charge >= 0.3 is 11.8 Å². The summed E-state index contributed by atoms with van der Waals surface area (Å²) in [7, 11) is 0. The van der Waals surface area contributed by atoms with Crippen molar-refractivity contribution in [2.24, 2.45) is 0 Å². The lowest BCUT2D eigenvalue weighted by Gasteiger charge is -2.09. The number of amides is 2. The number of carbonyl (C=O) groups is 2. The minimum Gasteiger partial charge on any atom is -0.494 e. The van der Waals surface area contributed by atoms with E-state index in [-0.39, 0.29) is 0 Å². The van der Waals surface area contributed by atoms with E-state index in [1.807, 2.05) is 24.3 Å². The summed E-state index contributed by atoms with van der Waals surface area (Å²) in [5, 5.41) is 5.31. The van der Waals surface area contributed by atoms with Crippen LogP contribution in [0.1, 0.15) is 115 Å². The van der Waals surface area contributed by atoms with Crippen molar-refractivity contribution in [3.05, 3.63) is 78.4 Å². The van der Waals surface area contributed by atoms with E-state index < -0.39 is 11.8 Å².